The van der Waals surface area contributed by atoms with Crippen LogP contribution in [-0.4, -0.2) is 25.2 Å². The summed E-state index contributed by atoms with van der Waals surface area (Å²) in [5.74, 6) is 0.283. The van der Waals surface area contributed by atoms with Crippen LogP contribution in [0.25, 0.3) is 10.8 Å². The van der Waals surface area contributed by atoms with Crippen molar-refractivity contribution in [3.8, 4) is 0 Å². The molecule has 0 amide bonds. The van der Waals surface area contributed by atoms with Gasteiger partial charge in [-0.25, -0.2) is 0 Å². The minimum absolute atomic E-state index is 0.283. The number of hydrogen-bond donors (Lipinski definition) is 1. The standard InChI is InChI=1S/C24H23N3/c1-27(2)23-14-12-20(16-23)24-10-6-5-9-21(24)17-25-26-22-13-11-18-7-3-4-8-19(18)15-22/h3-17,20,26H,1-2H3. The molecule has 0 saturated heterocycles. The molecule has 0 saturated carbocycles. The van der Waals surface area contributed by atoms with Gasteiger partial charge in [0.25, 0.3) is 0 Å². The molecule has 134 valence electrons. The first kappa shape index (κ1) is 17.1. The average Bonchev–Trinajstić information content (AvgIpc) is 3.19. The smallest absolute Gasteiger partial charge is 0.0568 e. The Morgan fingerprint density at radius 2 is 1.70 bits per heavy atom. The molecule has 1 aliphatic rings. The summed E-state index contributed by atoms with van der Waals surface area (Å²) in [7, 11) is 4.14. The fourth-order valence-corrected chi connectivity index (χ4v) is 3.36. The molecule has 0 radical (unpaired) electrons. The first-order chi connectivity index (χ1) is 13.2. The van der Waals surface area contributed by atoms with Gasteiger partial charge in [-0.2, -0.15) is 5.10 Å². The molecule has 0 aromatic heterocycles. The lowest BCUT2D eigenvalue weighted by Gasteiger charge is -2.12. The van der Waals surface area contributed by atoms with Crippen LogP contribution < -0.4 is 5.43 Å². The lowest BCUT2D eigenvalue weighted by atomic mass is 9.96. The summed E-state index contributed by atoms with van der Waals surface area (Å²) in [6.07, 6.45) is 8.59. The first-order valence-electron chi connectivity index (χ1n) is 9.15. The van der Waals surface area contributed by atoms with Crippen LogP contribution in [0.4, 0.5) is 5.69 Å². The van der Waals surface area contributed by atoms with E-state index >= 15 is 0 Å². The minimum Gasteiger partial charge on any atom is -0.378 e. The van der Waals surface area contributed by atoms with Crippen molar-refractivity contribution in [3.05, 3.63) is 102 Å². The van der Waals surface area contributed by atoms with Gasteiger partial charge in [0, 0.05) is 25.7 Å². The third-order valence-corrected chi connectivity index (χ3v) is 4.84. The molecular weight excluding hydrogens is 330 g/mol. The van der Waals surface area contributed by atoms with E-state index in [0.29, 0.717) is 0 Å². The van der Waals surface area contributed by atoms with Crippen molar-refractivity contribution in [2.24, 2.45) is 5.10 Å². The average molecular weight is 353 g/mol. The van der Waals surface area contributed by atoms with E-state index in [2.05, 4.69) is 114 Å². The van der Waals surface area contributed by atoms with Gasteiger partial charge in [0.05, 0.1) is 11.9 Å². The number of nitrogens with zero attached hydrogens (tertiary/aromatic N) is 2. The van der Waals surface area contributed by atoms with Gasteiger partial charge in [-0.1, -0.05) is 60.7 Å². The van der Waals surface area contributed by atoms with Gasteiger partial charge >= 0.3 is 0 Å². The topological polar surface area (TPSA) is 27.6 Å². The summed E-state index contributed by atoms with van der Waals surface area (Å²) in [4.78, 5) is 2.13. The zero-order chi connectivity index (χ0) is 18.6. The quantitative estimate of drug-likeness (QED) is 0.492. The Morgan fingerprint density at radius 3 is 2.52 bits per heavy atom. The highest BCUT2D eigenvalue weighted by Crippen LogP contribution is 2.29. The Balaban J connectivity index is 1.53. The van der Waals surface area contributed by atoms with E-state index in [9.17, 15) is 0 Å². The number of fused-ring (bicyclic) bond motifs is 1. The zero-order valence-electron chi connectivity index (χ0n) is 15.6. The second kappa shape index (κ2) is 7.50. The van der Waals surface area contributed by atoms with Crippen LogP contribution in [0.2, 0.25) is 0 Å². The van der Waals surface area contributed by atoms with Crippen molar-refractivity contribution < 1.29 is 0 Å². The molecule has 4 rings (SSSR count). The monoisotopic (exact) mass is 353 g/mol. The second-order valence-corrected chi connectivity index (χ2v) is 6.93. The third-order valence-electron chi connectivity index (χ3n) is 4.84. The molecule has 3 aromatic carbocycles. The number of hydrogen-bond acceptors (Lipinski definition) is 3. The van der Waals surface area contributed by atoms with Crippen molar-refractivity contribution in [2.45, 2.75) is 5.92 Å². The molecule has 0 bridgehead atoms. The lowest BCUT2D eigenvalue weighted by Crippen LogP contribution is -2.07. The summed E-state index contributed by atoms with van der Waals surface area (Å²) < 4.78 is 0. The first-order valence-corrected chi connectivity index (χ1v) is 9.15. The zero-order valence-corrected chi connectivity index (χ0v) is 15.6. The van der Waals surface area contributed by atoms with Crippen LogP contribution in [0, 0.1) is 0 Å². The van der Waals surface area contributed by atoms with E-state index in [1.54, 1.807) is 0 Å². The van der Waals surface area contributed by atoms with Gasteiger partial charge in [0.15, 0.2) is 0 Å². The molecule has 3 nitrogen and oxygen atoms in total. The lowest BCUT2D eigenvalue weighted by molar-refractivity contribution is 0.530. The Labute approximate surface area is 160 Å². The van der Waals surface area contributed by atoms with Gasteiger partial charge in [0.2, 0.25) is 0 Å². The van der Waals surface area contributed by atoms with Gasteiger partial charge in [-0.15, -0.1) is 0 Å². The number of hydrazone groups is 1. The van der Waals surface area contributed by atoms with Crippen LogP contribution in [0.3, 0.4) is 0 Å². The van der Waals surface area contributed by atoms with E-state index < -0.39 is 0 Å². The Kier molecular flexibility index (Phi) is 4.75. The van der Waals surface area contributed by atoms with Crippen LogP contribution in [0.5, 0.6) is 0 Å². The van der Waals surface area contributed by atoms with E-state index in [4.69, 9.17) is 0 Å². The van der Waals surface area contributed by atoms with Gasteiger partial charge in [-0.3, -0.25) is 5.43 Å². The highest BCUT2D eigenvalue weighted by molar-refractivity contribution is 5.86. The highest BCUT2D eigenvalue weighted by atomic mass is 15.3. The van der Waals surface area contributed by atoms with E-state index in [1.165, 1.54) is 22.0 Å². The van der Waals surface area contributed by atoms with Gasteiger partial charge in [-0.05, 0) is 46.2 Å². The summed E-state index contributed by atoms with van der Waals surface area (Å²) in [6.45, 7) is 0. The molecule has 3 heteroatoms. The number of anilines is 1. The molecule has 1 aliphatic carbocycles. The maximum absolute atomic E-state index is 4.47. The fourth-order valence-electron chi connectivity index (χ4n) is 3.36. The van der Waals surface area contributed by atoms with Crippen molar-refractivity contribution >= 4 is 22.7 Å². The van der Waals surface area contributed by atoms with Crippen molar-refractivity contribution in [1.29, 1.82) is 0 Å². The number of nitrogens with one attached hydrogen (secondary N) is 1. The predicted octanol–water partition coefficient (Wildman–Crippen LogP) is 5.38. The molecule has 0 aliphatic heterocycles. The van der Waals surface area contributed by atoms with E-state index in [-0.39, 0.29) is 5.92 Å². The highest BCUT2D eigenvalue weighted by Gasteiger charge is 2.15. The number of likely N-dealkylation sites (N-methyl/N-ethyl adjacent to an activating group) is 1. The molecule has 27 heavy (non-hydrogen) atoms. The van der Waals surface area contributed by atoms with E-state index in [0.717, 1.165) is 11.3 Å². The predicted molar refractivity (Wildman–Crippen MR) is 115 cm³/mol. The number of allylic oxidation sites excluding steroid dienone is 3. The normalized spacial score (nSPS) is 16.1. The maximum Gasteiger partial charge on any atom is 0.0568 e. The molecule has 1 unspecified atom stereocenters. The maximum atomic E-state index is 4.47. The minimum atomic E-state index is 0.283. The van der Waals surface area contributed by atoms with Crippen LogP contribution in [0.15, 0.2) is 95.8 Å². The number of benzene rings is 3. The Morgan fingerprint density at radius 1 is 0.926 bits per heavy atom. The second-order valence-electron chi connectivity index (χ2n) is 6.93. The molecule has 3 aromatic rings. The van der Waals surface area contributed by atoms with Crippen LogP contribution in [-0.2, 0) is 0 Å². The Bertz CT molecular complexity index is 1040. The third kappa shape index (κ3) is 3.77. The molecule has 0 fully saturated rings. The van der Waals surface area contributed by atoms with Crippen LogP contribution in [0.1, 0.15) is 17.0 Å². The summed E-state index contributed by atoms with van der Waals surface area (Å²) in [6, 6.07) is 23.0. The Hall–Kier alpha value is -3.33. The number of rotatable bonds is 5. The summed E-state index contributed by atoms with van der Waals surface area (Å²) in [5.41, 5.74) is 7.76. The molecule has 1 atom stereocenters. The molecular formula is C24H23N3. The van der Waals surface area contributed by atoms with Crippen molar-refractivity contribution in [1.82, 2.24) is 4.90 Å². The van der Waals surface area contributed by atoms with Crippen LogP contribution >= 0.6 is 0 Å². The largest absolute Gasteiger partial charge is 0.378 e. The molecule has 0 heterocycles. The fraction of sp³-hybridized carbons (Fsp3) is 0.125. The SMILES string of the molecule is CN(C)C1=CC(c2ccccc2C=NNc2ccc3ccccc3c2)C=C1. The van der Waals surface area contributed by atoms with Crippen molar-refractivity contribution in [3.63, 3.8) is 0 Å². The summed E-state index contributed by atoms with van der Waals surface area (Å²) >= 11 is 0. The molecule has 1 N–H and O–H groups in total. The van der Waals surface area contributed by atoms with Gasteiger partial charge < -0.3 is 4.90 Å². The summed E-state index contributed by atoms with van der Waals surface area (Å²) in [5, 5.41) is 6.91. The van der Waals surface area contributed by atoms with Gasteiger partial charge in [0.1, 0.15) is 0 Å². The van der Waals surface area contributed by atoms with Crippen molar-refractivity contribution in [2.75, 3.05) is 19.5 Å². The molecule has 0 spiro atoms. The van der Waals surface area contributed by atoms with E-state index in [1.807, 2.05) is 6.21 Å².